The van der Waals surface area contributed by atoms with E-state index < -0.39 is 13.9 Å². The number of amides is 1. The van der Waals surface area contributed by atoms with E-state index >= 15 is 0 Å². The van der Waals surface area contributed by atoms with Crippen molar-refractivity contribution in [2.24, 2.45) is 0 Å². The predicted molar refractivity (Wildman–Crippen MR) is 107 cm³/mol. The van der Waals surface area contributed by atoms with Crippen LogP contribution in [-0.2, 0) is 9.16 Å². The van der Waals surface area contributed by atoms with Crippen LogP contribution in [0.5, 0.6) is 0 Å². The highest BCUT2D eigenvalue weighted by Crippen LogP contribution is 2.37. The number of ether oxygens (including phenoxy) is 1. The molecule has 5 nitrogen and oxygen atoms in total. The minimum atomic E-state index is -1.74. The fourth-order valence-electron chi connectivity index (χ4n) is 2.83. The highest BCUT2D eigenvalue weighted by molar-refractivity contribution is 6.74. The Morgan fingerprint density at radius 1 is 1.24 bits per heavy atom. The fraction of sp³-hybridized carbons (Fsp3) is 0.947. The quantitative estimate of drug-likeness (QED) is 0.728. The first-order valence-corrected chi connectivity index (χ1v) is 12.5. The Bertz CT molecular complexity index is 455. The van der Waals surface area contributed by atoms with Crippen LogP contribution in [0.2, 0.25) is 18.1 Å². The molecule has 1 N–H and O–H groups in total. The first-order valence-electron chi connectivity index (χ1n) is 9.55. The van der Waals surface area contributed by atoms with E-state index in [2.05, 4.69) is 53.0 Å². The van der Waals surface area contributed by atoms with Crippen molar-refractivity contribution >= 4 is 14.4 Å². The molecule has 0 aliphatic carbocycles. The standard InChI is InChI=1S/C19H40N2O3Si/c1-14(24-25(9,10)19(6,7)8)13-20-16-11-12-21(15(16)2)17(22)23-18(3,4)5/h14-16,20H,11-13H2,1-10H3/t14-,15+,16+/m0/s1. The average Bonchev–Trinajstić information content (AvgIpc) is 2.74. The van der Waals surface area contributed by atoms with E-state index in [-0.39, 0.29) is 29.3 Å². The summed E-state index contributed by atoms with van der Waals surface area (Å²) in [6.07, 6.45) is 0.909. The van der Waals surface area contributed by atoms with Crippen molar-refractivity contribution in [3.8, 4) is 0 Å². The third-order valence-electron chi connectivity index (χ3n) is 5.35. The molecule has 1 amide bonds. The maximum absolute atomic E-state index is 12.3. The Labute approximate surface area is 156 Å². The van der Waals surface area contributed by atoms with Gasteiger partial charge in [0.05, 0.1) is 6.10 Å². The van der Waals surface area contributed by atoms with Gasteiger partial charge in [0.2, 0.25) is 0 Å². The van der Waals surface area contributed by atoms with Gasteiger partial charge in [-0.2, -0.15) is 0 Å². The van der Waals surface area contributed by atoms with Crippen LogP contribution in [0.4, 0.5) is 4.79 Å². The van der Waals surface area contributed by atoms with Crippen molar-refractivity contribution < 1.29 is 14.0 Å². The number of nitrogens with zero attached hydrogens (tertiary/aromatic N) is 1. The number of hydrogen-bond donors (Lipinski definition) is 1. The first-order chi connectivity index (χ1) is 11.1. The van der Waals surface area contributed by atoms with Crippen LogP contribution < -0.4 is 5.32 Å². The number of nitrogens with one attached hydrogen (secondary N) is 1. The van der Waals surface area contributed by atoms with Crippen LogP contribution in [0.1, 0.15) is 61.8 Å². The fourth-order valence-corrected chi connectivity index (χ4v) is 4.27. The van der Waals surface area contributed by atoms with Gasteiger partial charge in [0.1, 0.15) is 5.60 Å². The number of carbonyl (C=O) groups is 1. The summed E-state index contributed by atoms with van der Waals surface area (Å²) in [7, 11) is -1.74. The smallest absolute Gasteiger partial charge is 0.410 e. The molecule has 6 heteroatoms. The normalized spacial score (nSPS) is 23.7. The second kappa shape index (κ2) is 7.97. The number of carbonyl (C=O) groups excluding carboxylic acids is 1. The van der Waals surface area contributed by atoms with Gasteiger partial charge in [-0.3, -0.25) is 0 Å². The van der Waals surface area contributed by atoms with Gasteiger partial charge in [-0.1, -0.05) is 20.8 Å². The van der Waals surface area contributed by atoms with Crippen molar-refractivity contribution in [1.82, 2.24) is 10.2 Å². The van der Waals surface area contributed by atoms with Crippen molar-refractivity contribution in [3.63, 3.8) is 0 Å². The van der Waals surface area contributed by atoms with Gasteiger partial charge in [0.25, 0.3) is 0 Å². The summed E-state index contributed by atoms with van der Waals surface area (Å²) < 4.78 is 11.9. The summed E-state index contributed by atoms with van der Waals surface area (Å²) in [6.45, 7) is 22.8. The van der Waals surface area contributed by atoms with E-state index in [4.69, 9.17) is 9.16 Å². The molecule has 0 aromatic heterocycles. The third-order valence-corrected chi connectivity index (χ3v) is 9.96. The van der Waals surface area contributed by atoms with Crippen LogP contribution in [0.25, 0.3) is 0 Å². The molecular weight excluding hydrogens is 332 g/mol. The Kier molecular flexibility index (Phi) is 7.15. The lowest BCUT2D eigenvalue weighted by Gasteiger charge is -2.38. The lowest BCUT2D eigenvalue weighted by Crippen LogP contribution is -2.49. The highest BCUT2D eigenvalue weighted by atomic mass is 28.4. The molecule has 0 unspecified atom stereocenters. The van der Waals surface area contributed by atoms with Crippen LogP contribution in [-0.4, -0.2) is 56.2 Å². The van der Waals surface area contributed by atoms with Crippen molar-refractivity contribution in [3.05, 3.63) is 0 Å². The monoisotopic (exact) mass is 372 g/mol. The molecule has 0 radical (unpaired) electrons. The Morgan fingerprint density at radius 3 is 2.28 bits per heavy atom. The second-order valence-corrected chi connectivity index (χ2v) is 14.7. The van der Waals surface area contributed by atoms with E-state index in [0.717, 1.165) is 19.5 Å². The molecule has 1 fully saturated rings. The van der Waals surface area contributed by atoms with E-state index in [1.807, 2.05) is 25.7 Å². The molecule has 0 bridgehead atoms. The molecule has 148 valence electrons. The van der Waals surface area contributed by atoms with Crippen LogP contribution in [0, 0.1) is 0 Å². The topological polar surface area (TPSA) is 50.8 Å². The van der Waals surface area contributed by atoms with Crippen LogP contribution in [0.15, 0.2) is 0 Å². The Hall–Kier alpha value is -0.593. The summed E-state index contributed by atoms with van der Waals surface area (Å²) in [5.41, 5.74) is -0.451. The van der Waals surface area contributed by atoms with E-state index in [0.29, 0.717) is 0 Å². The number of likely N-dealkylation sites (tertiary alicyclic amines) is 1. The zero-order chi connectivity index (χ0) is 19.6. The molecular formula is C19H40N2O3Si. The van der Waals surface area contributed by atoms with Gasteiger partial charge in [0, 0.05) is 25.2 Å². The van der Waals surface area contributed by atoms with Gasteiger partial charge >= 0.3 is 6.09 Å². The average molecular weight is 373 g/mol. The number of hydrogen-bond acceptors (Lipinski definition) is 4. The summed E-state index contributed by atoms with van der Waals surface area (Å²) in [5.74, 6) is 0. The zero-order valence-corrected chi connectivity index (χ0v) is 19.0. The summed E-state index contributed by atoms with van der Waals surface area (Å²) in [5, 5.41) is 3.82. The van der Waals surface area contributed by atoms with Gasteiger partial charge in [0.15, 0.2) is 8.32 Å². The van der Waals surface area contributed by atoms with Crippen molar-refractivity contribution in [2.75, 3.05) is 13.1 Å². The Balaban J connectivity index is 2.50. The first kappa shape index (κ1) is 22.4. The summed E-state index contributed by atoms with van der Waals surface area (Å²) in [6, 6.07) is 0.424. The molecule has 3 atom stereocenters. The minimum absolute atomic E-state index is 0.134. The maximum Gasteiger partial charge on any atom is 0.410 e. The summed E-state index contributed by atoms with van der Waals surface area (Å²) in [4.78, 5) is 14.1. The molecule has 1 saturated heterocycles. The number of rotatable bonds is 5. The lowest BCUT2D eigenvalue weighted by molar-refractivity contribution is 0.0229. The molecule has 0 spiro atoms. The van der Waals surface area contributed by atoms with Crippen LogP contribution >= 0.6 is 0 Å². The Morgan fingerprint density at radius 2 is 1.80 bits per heavy atom. The van der Waals surface area contributed by atoms with E-state index in [9.17, 15) is 4.79 Å². The minimum Gasteiger partial charge on any atom is -0.444 e. The van der Waals surface area contributed by atoms with Crippen molar-refractivity contribution in [2.45, 2.75) is 104 Å². The van der Waals surface area contributed by atoms with Gasteiger partial charge in [-0.05, 0) is 59.2 Å². The van der Waals surface area contributed by atoms with E-state index in [1.165, 1.54) is 0 Å². The van der Waals surface area contributed by atoms with Gasteiger partial charge < -0.3 is 19.4 Å². The predicted octanol–water partition coefficient (Wildman–Crippen LogP) is 4.38. The zero-order valence-electron chi connectivity index (χ0n) is 18.0. The SMILES string of the molecule is C[C@@H]1[C@H](NC[C@H](C)O[Si](C)(C)C(C)(C)C)CCN1C(=O)OC(C)(C)C. The third kappa shape index (κ3) is 6.57. The molecule has 1 aliphatic rings. The maximum atomic E-state index is 12.3. The molecule has 1 aliphatic heterocycles. The lowest BCUT2D eigenvalue weighted by atomic mass is 10.1. The molecule has 0 aromatic carbocycles. The molecule has 0 saturated carbocycles. The molecule has 1 rings (SSSR count). The second-order valence-electron chi connectivity index (χ2n) is 9.91. The van der Waals surface area contributed by atoms with E-state index in [1.54, 1.807) is 0 Å². The largest absolute Gasteiger partial charge is 0.444 e. The highest BCUT2D eigenvalue weighted by Gasteiger charge is 2.39. The van der Waals surface area contributed by atoms with Crippen LogP contribution in [0.3, 0.4) is 0 Å². The van der Waals surface area contributed by atoms with Gasteiger partial charge in [-0.15, -0.1) is 0 Å². The van der Waals surface area contributed by atoms with Crippen molar-refractivity contribution in [1.29, 1.82) is 0 Å². The molecule has 0 aromatic rings. The summed E-state index contributed by atoms with van der Waals surface area (Å²) >= 11 is 0. The molecule has 1 heterocycles. The van der Waals surface area contributed by atoms with Gasteiger partial charge in [-0.25, -0.2) is 4.79 Å². The molecule has 25 heavy (non-hydrogen) atoms.